The highest BCUT2D eigenvalue weighted by Crippen LogP contribution is 2.14. The number of nitrogens with zero attached hydrogens (tertiary/aromatic N) is 4. The lowest BCUT2D eigenvalue weighted by molar-refractivity contribution is 0.803. The van der Waals surface area contributed by atoms with Crippen LogP contribution in [0.5, 0.6) is 0 Å². The second kappa shape index (κ2) is 5.77. The SMILES string of the molecule is Cc1ccnc(NCCCc2ncn[nH]2)c1C#N. The number of aryl methyl sites for hydroxylation is 2. The summed E-state index contributed by atoms with van der Waals surface area (Å²) < 4.78 is 0. The van der Waals surface area contributed by atoms with Gasteiger partial charge in [0.15, 0.2) is 0 Å². The molecule has 0 radical (unpaired) electrons. The average molecular weight is 242 g/mol. The number of anilines is 1. The van der Waals surface area contributed by atoms with E-state index in [-0.39, 0.29) is 0 Å². The fraction of sp³-hybridized carbons (Fsp3) is 0.333. The van der Waals surface area contributed by atoms with Gasteiger partial charge in [0.05, 0.1) is 5.56 Å². The van der Waals surface area contributed by atoms with Gasteiger partial charge in [-0.15, -0.1) is 0 Å². The summed E-state index contributed by atoms with van der Waals surface area (Å²) >= 11 is 0. The Morgan fingerprint density at radius 3 is 3.06 bits per heavy atom. The van der Waals surface area contributed by atoms with Crippen molar-refractivity contribution in [1.82, 2.24) is 20.2 Å². The third kappa shape index (κ3) is 2.83. The van der Waals surface area contributed by atoms with Crippen LogP contribution in [0.4, 0.5) is 5.82 Å². The van der Waals surface area contributed by atoms with Gasteiger partial charge in [-0.05, 0) is 25.0 Å². The van der Waals surface area contributed by atoms with Crippen LogP contribution in [0, 0.1) is 18.3 Å². The van der Waals surface area contributed by atoms with Gasteiger partial charge >= 0.3 is 0 Å². The van der Waals surface area contributed by atoms with Gasteiger partial charge in [0.2, 0.25) is 0 Å². The minimum Gasteiger partial charge on any atom is -0.369 e. The van der Waals surface area contributed by atoms with E-state index in [2.05, 4.69) is 31.6 Å². The highest BCUT2D eigenvalue weighted by Gasteiger charge is 2.05. The molecule has 6 nitrogen and oxygen atoms in total. The van der Waals surface area contributed by atoms with Crippen LogP contribution in [0.2, 0.25) is 0 Å². The van der Waals surface area contributed by atoms with E-state index in [1.54, 1.807) is 6.20 Å². The Labute approximate surface area is 105 Å². The molecule has 0 unspecified atom stereocenters. The molecule has 92 valence electrons. The zero-order valence-electron chi connectivity index (χ0n) is 10.1. The van der Waals surface area contributed by atoms with Crippen LogP contribution in [0.1, 0.15) is 23.4 Å². The molecule has 0 aliphatic carbocycles. The zero-order chi connectivity index (χ0) is 12.8. The van der Waals surface area contributed by atoms with Gasteiger partial charge in [-0.3, -0.25) is 5.10 Å². The van der Waals surface area contributed by atoms with Gasteiger partial charge in [-0.25, -0.2) is 9.97 Å². The number of pyridine rings is 1. The molecule has 0 aromatic carbocycles. The van der Waals surface area contributed by atoms with E-state index >= 15 is 0 Å². The van der Waals surface area contributed by atoms with Crippen LogP contribution in [-0.2, 0) is 6.42 Å². The van der Waals surface area contributed by atoms with Gasteiger partial charge in [-0.2, -0.15) is 10.4 Å². The molecule has 6 heteroatoms. The quantitative estimate of drug-likeness (QED) is 0.774. The predicted molar refractivity (Wildman–Crippen MR) is 66.9 cm³/mol. The van der Waals surface area contributed by atoms with Crippen LogP contribution < -0.4 is 5.32 Å². The van der Waals surface area contributed by atoms with Gasteiger partial charge in [0.1, 0.15) is 24.0 Å². The van der Waals surface area contributed by atoms with Crippen molar-refractivity contribution in [3.63, 3.8) is 0 Å². The maximum atomic E-state index is 9.05. The first-order valence-electron chi connectivity index (χ1n) is 5.75. The van der Waals surface area contributed by atoms with Crippen LogP contribution in [-0.4, -0.2) is 26.7 Å². The number of nitrogens with one attached hydrogen (secondary N) is 2. The summed E-state index contributed by atoms with van der Waals surface area (Å²) in [5.41, 5.74) is 1.54. The Hall–Kier alpha value is -2.42. The fourth-order valence-electron chi connectivity index (χ4n) is 1.65. The average Bonchev–Trinajstić information content (AvgIpc) is 2.88. The van der Waals surface area contributed by atoms with Crippen molar-refractivity contribution in [3.05, 3.63) is 35.5 Å². The second-order valence-corrected chi connectivity index (χ2v) is 3.93. The van der Waals surface area contributed by atoms with E-state index in [1.165, 1.54) is 6.33 Å². The number of rotatable bonds is 5. The summed E-state index contributed by atoms with van der Waals surface area (Å²) in [5.74, 6) is 1.52. The van der Waals surface area contributed by atoms with Crippen molar-refractivity contribution < 1.29 is 0 Å². The Bertz CT molecular complexity index is 540. The molecule has 18 heavy (non-hydrogen) atoms. The molecule has 2 heterocycles. The van der Waals surface area contributed by atoms with E-state index in [0.717, 1.165) is 30.8 Å². The monoisotopic (exact) mass is 242 g/mol. The molecule has 0 aliphatic heterocycles. The standard InChI is InChI=1S/C12H14N6/c1-9-4-6-15-12(10(9)7-13)14-5-2-3-11-16-8-17-18-11/h4,6,8H,2-3,5H2,1H3,(H,14,15)(H,16,17,18). The maximum absolute atomic E-state index is 9.05. The molecular formula is C12H14N6. The zero-order valence-corrected chi connectivity index (χ0v) is 10.1. The maximum Gasteiger partial charge on any atom is 0.144 e. The van der Waals surface area contributed by atoms with Crippen LogP contribution >= 0.6 is 0 Å². The third-order valence-corrected chi connectivity index (χ3v) is 2.62. The van der Waals surface area contributed by atoms with E-state index in [4.69, 9.17) is 5.26 Å². The molecule has 0 aliphatic rings. The number of aromatic nitrogens is 4. The summed E-state index contributed by atoms with van der Waals surface area (Å²) in [5, 5.41) is 18.8. The summed E-state index contributed by atoms with van der Waals surface area (Å²) in [7, 11) is 0. The second-order valence-electron chi connectivity index (χ2n) is 3.93. The van der Waals surface area contributed by atoms with E-state index in [1.807, 2.05) is 13.0 Å². The molecule has 0 amide bonds. The van der Waals surface area contributed by atoms with Crippen LogP contribution in [0.15, 0.2) is 18.6 Å². The number of aromatic amines is 1. The molecule has 0 atom stereocenters. The molecule has 0 fully saturated rings. The summed E-state index contributed by atoms with van der Waals surface area (Å²) in [6.45, 7) is 2.64. The van der Waals surface area contributed by atoms with Crippen molar-refractivity contribution >= 4 is 5.82 Å². The summed E-state index contributed by atoms with van der Waals surface area (Å²) in [4.78, 5) is 8.22. The van der Waals surface area contributed by atoms with Gasteiger partial charge in [0, 0.05) is 19.2 Å². The lowest BCUT2D eigenvalue weighted by atomic mass is 10.1. The first-order chi connectivity index (χ1) is 8.81. The first-order valence-corrected chi connectivity index (χ1v) is 5.75. The molecule has 0 spiro atoms. The Morgan fingerprint density at radius 2 is 2.33 bits per heavy atom. The predicted octanol–water partition coefficient (Wildman–Crippen LogP) is 1.42. The largest absolute Gasteiger partial charge is 0.369 e. The number of hydrogen-bond donors (Lipinski definition) is 2. The lowest BCUT2D eigenvalue weighted by Gasteiger charge is -2.07. The van der Waals surface area contributed by atoms with Crippen molar-refractivity contribution in [2.75, 3.05) is 11.9 Å². The van der Waals surface area contributed by atoms with E-state index in [0.29, 0.717) is 11.4 Å². The minimum atomic E-state index is 0.608. The van der Waals surface area contributed by atoms with E-state index in [9.17, 15) is 0 Å². The molecule has 0 bridgehead atoms. The fourth-order valence-corrected chi connectivity index (χ4v) is 1.65. The Morgan fingerprint density at radius 1 is 1.44 bits per heavy atom. The van der Waals surface area contributed by atoms with Gasteiger partial charge in [0.25, 0.3) is 0 Å². The van der Waals surface area contributed by atoms with Crippen molar-refractivity contribution in [1.29, 1.82) is 5.26 Å². The first kappa shape index (κ1) is 12.0. The van der Waals surface area contributed by atoms with Gasteiger partial charge < -0.3 is 5.32 Å². The lowest BCUT2D eigenvalue weighted by Crippen LogP contribution is -2.07. The summed E-state index contributed by atoms with van der Waals surface area (Å²) in [6.07, 6.45) is 4.92. The van der Waals surface area contributed by atoms with Crippen molar-refractivity contribution in [2.45, 2.75) is 19.8 Å². The molecule has 2 N–H and O–H groups in total. The Balaban J connectivity index is 1.87. The molecule has 2 rings (SSSR count). The third-order valence-electron chi connectivity index (χ3n) is 2.62. The molecule has 2 aromatic rings. The topological polar surface area (TPSA) is 90.3 Å². The molecule has 0 saturated carbocycles. The highest BCUT2D eigenvalue weighted by molar-refractivity contribution is 5.55. The van der Waals surface area contributed by atoms with E-state index < -0.39 is 0 Å². The number of nitriles is 1. The Kier molecular flexibility index (Phi) is 3.86. The highest BCUT2D eigenvalue weighted by atomic mass is 15.2. The number of hydrogen-bond acceptors (Lipinski definition) is 5. The summed E-state index contributed by atoms with van der Waals surface area (Å²) in [6, 6.07) is 4.00. The molecular weight excluding hydrogens is 228 g/mol. The van der Waals surface area contributed by atoms with Crippen LogP contribution in [0.3, 0.4) is 0 Å². The van der Waals surface area contributed by atoms with Crippen molar-refractivity contribution in [2.24, 2.45) is 0 Å². The number of H-pyrrole nitrogens is 1. The molecule has 2 aromatic heterocycles. The smallest absolute Gasteiger partial charge is 0.144 e. The minimum absolute atomic E-state index is 0.608. The normalized spacial score (nSPS) is 10.0. The van der Waals surface area contributed by atoms with Gasteiger partial charge in [-0.1, -0.05) is 0 Å². The molecule has 0 saturated heterocycles. The van der Waals surface area contributed by atoms with Crippen LogP contribution in [0.25, 0.3) is 0 Å². The van der Waals surface area contributed by atoms with Crippen molar-refractivity contribution in [3.8, 4) is 6.07 Å².